The van der Waals surface area contributed by atoms with Crippen molar-refractivity contribution in [3.8, 4) is 11.1 Å². The third-order valence-electron chi connectivity index (χ3n) is 6.68. The molecule has 1 N–H and O–H groups in total. The summed E-state index contributed by atoms with van der Waals surface area (Å²) in [5.41, 5.74) is 2.89. The molecule has 3 aliphatic rings. The summed E-state index contributed by atoms with van der Waals surface area (Å²) >= 11 is 6.25. The number of anilines is 1. The van der Waals surface area contributed by atoms with Crippen molar-refractivity contribution in [3.05, 3.63) is 29.8 Å². The summed E-state index contributed by atoms with van der Waals surface area (Å²) in [7, 11) is 0. The fourth-order valence-electron chi connectivity index (χ4n) is 4.72. The predicted octanol–water partition coefficient (Wildman–Crippen LogP) is 3.69. The van der Waals surface area contributed by atoms with Crippen LogP contribution in [0, 0.1) is 5.92 Å². The van der Waals surface area contributed by atoms with E-state index in [0.29, 0.717) is 17.1 Å². The van der Waals surface area contributed by atoms with Crippen molar-refractivity contribution in [2.75, 3.05) is 31.2 Å². The molecule has 0 radical (unpaired) electrons. The third-order valence-corrected chi connectivity index (χ3v) is 6.89. The van der Waals surface area contributed by atoms with E-state index in [9.17, 15) is 5.11 Å². The Hall–Kier alpha value is -1.63. The number of ether oxygens (including phenoxy) is 1. The Morgan fingerprint density at radius 2 is 1.86 bits per heavy atom. The predicted molar refractivity (Wildman–Crippen MR) is 109 cm³/mol. The molecule has 3 fully saturated rings. The van der Waals surface area contributed by atoms with Crippen LogP contribution in [0.1, 0.15) is 44.6 Å². The minimum absolute atomic E-state index is 0.379. The first-order valence-electron chi connectivity index (χ1n) is 10.4. The molecular weight excluding hydrogens is 376 g/mol. The molecule has 4 heterocycles. The Bertz CT molecular complexity index is 837. The van der Waals surface area contributed by atoms with Crippen molar-refractivity contribution < 1.29 is 9.84 Å². The standard InChI is InChI=1S/C21H27ClN4O2/c22-20-11-19(25-7-1-16(2-8-25)21(27)5-6-21)18(13-23-20)15-12-24-26(14-15)17-3-9-28-10-4-17/h11-14,16-17,27H,1-10H2. The van der Waals surface area contributed by atoms with Crippen molar-refractivity contribution in [1.82, 2.24) is 14.8 Å². The van der Waals surface area contributed by atoms with Gasteiger partial charge < -0.3 is 14.7 Å². The SMILES string of the molecule is OC1(C2CCN(c3cc(Cl)ncc3-c3cnn(C4CCOCC4)c3)CC2)CC1. The van der Waals surface area contributed by atoms with Crippen LogP contribution >= 0.6 is 11.6 Å². The van der Waals surface area contributed by atoms with E-state index in [4.69, 9.17) is 16.3 Å². The lowest BCUT2D eigenvalue weighted by molar-refractivity contribution is 0.0662. The molecule has 28 heavy (non-hydrogen) atoms. The monoisotopic (exact) mass is 402 g/mol. The zero-order chi connectivity index (χ0) is 19.1. The largest absolute Gasteiger partial charge is 0.390 e. The Morgan fingerprint density at radius 3 is 2.57 bits per heavy atom. The second-order valence-corrected chi connectivity index (χ2v) is 8.83. The van der Waals surface area contributed by atoms with Crippen molar-refractivity contribution in [2.45, 2.75) is 50.2 Å². The van der Waals surface area contributed by atoms with E-state index < -0.39 is 0 Å². The number of halogens is 1. The molecule has 2 saturated heterocycles. The topological polar surface area (TPSA) is 63.4 Å². The van der Waals surface area contributed by atoms with Crippen molar-refractivity contribution >= 4 is 17.3 Å². The van der Waals surface area contributed by atoms with Crippen LogP contribution in [0.4, 0.5) is 5.69 Å². The molecule has 1 aliphatic carbocycles. The van der Waals surface area contributed by atoms with Crippen LogP contribution in [0.2, 0.25) is 5.15 Å². The van der Waals surface area contributed by atoms with Gasteiger partial charge in [0.15, 0.2) is 0 Å². The van der Waals surface area contributed by atoms with Crippen molar-refractivity contribution in [1.29, 1.82) is 0 Å². The zero-order valence-corrected chi connectivity index (χ0v) is 16.8. The van der Waals surface area contributed by atoms with Crippen molar-refractivity contribution in [3.63, 3.8) is 0 Å². The molecule has 0 bridgehead atoms. The normalized spacial score (nSPS) is 23.1. The second kappa shape index (κ2) is 7.32. The fourth-order valence-corrected chi connectivity index (χ4v) is 4.88. The van der Waals surface area contributed by atoms with Crippen LogP contribution in [0.5, 0.6) is 0 Å². The van der Waals surface area contributed by atoms with E-state index >= 15 is 0 Å². The molecule has 5 rings (SSSR count). The summed E-state index contributed by atoms with van der Waals surface area (Å²) in [6.07, 6.45) is 11.9. The lowest BCUT2D eigenvalue weighted by Gasteiger charge is -2.36. The Balaban J connectivity index is 1.38. The van der Waals surface area contributed by atoms with Gasteiger partial charge in [-0.25, -0.2) is 4.98 Å². The van der Waals surface area contributed by atoms with Gasteiger partial charge in [-0.2, -0.15) is 5.10 Å². The molecular formula is C21H27ClN4O2. The Morgan fingerprint density at radius 1 is 1.11 bits per heavy atom. The van der Waals surface area contributed by atoms with Gasteiger partial charge >= 0.3 is 0 Å². The number of aliphatic hydroxyl groups is 1. The smallest absolute Gasteiger partial charge is 0.131 e. The van der Waals surface area contributed by atoms with E-state index in [1.165, 1.54) is 0 Å². The number of hydrogen-bond donors (Lipinski definition) is 1. The minimum atomic E-state index is -0.379. The summed E-state index contributed by atoms with van der Waals surface area (Å²) in [4.78, 5) is 6.72. The van der Waals surface area contributed by atoms with Crippen LogP contribution in [0.15, 0.2) is 24.7 Å². The number of aromatic nitrogens is 3. The maximum Gasteiger partial charge on any atom is 0.131 e. The zero-order valence-electron chi connectivity index (χ0n) is 16.1. The minimum Gasteiger partial charge on any atom is -0.390 e. The molecule has 0 unspecified atom stereocenters. The summed E-state index contributed by atoms with van der Waals surface area (Å²) in [6, 6.07) is 2.37. The highest BCUT2D eigenvalue weighted by Crippen LogP contribution is 2.47. The average molecular weight is 403 g/mol. The molecule has 0 aromatic carbocycles. The molecule has 0 spiro atoms. The Kier molecular flexibility index (Phi) is 4.81. The Labute approximate surface area is 170 Å². The third kappa shape index (κ3) is 3.53. The van der Waals surface area contributed by atoms with Gasteiger partial charge in [0.1, 0.15) is 5.15 Å². The second-order valence-electron chi connectivity index (χ2n) is 8.44. The number of pyridine rings is 1. The average Bonchev–Trinajstić information content (AvgIpc) is 3.30. The molecule has 0 amide bonds. The highest BCUT2D eigenvalue weighted by molar-refractivity contribution is 6.29. The molecule has 1 saturated carbocycles. The number of hydrogen-bond acceptors (Lipinski definition) is 5. The highest BCUT2D eigenvalue weighted by Gasteiger charge is 2.48. The van der Waals surface area contributed by atoms with Crippen LogP contribution < -0.4 is 4.90 Å². The summed E-state index contributed by atoms with van der Waals surface area (Å²) in [6.45, 7) is 3.48. The van der Waals surface area contributed by atoms with Gasteiger partial charge in [0.2, 0.25) is 0 Å². The van der Waals surface area contributed by atoms with Crippen molar-refractivity contribution in [2.24, 2.45) is 5.92 Å². The summed E-state index contributed by atoms with van der Waals surface area (Å²) in [5, 5.41) is 15.6. The van der Waals surface area contributed by atoms with E-state index in [1.807, 2.05) is 18.5 Å². The van der Waals surface area contributed by atoms with Gasteiger partial charge in [0.05, 0.1) is 17.8 Å². The van der Waals surface area contributed by atoms with Gasteiger partial charge in [-0.1, -0.05) is 11.6 Å². The highest BCUT2D eigenvalue weighted by atomic mass is 35.5. The summed E-state index contributed by atoms with van der Waals surface area (Å²) in [5.74, 6) is 0.431. The molecule has 0 atom stereocenters. The van der Waals surface area contributed by atoms with E-state index in [-0.39, 0.29) is 5.60 Å². The molecule has 150 valence electrons. The molecule has 6 nitrogen and oxygen atoms in total. The van der Waals surface area contributed by atoms with Gasteiger partial charge in [0, 0.05) is 55.5 Å². The molecule has 2 aromatic heterocycles. The van der Waals surface area contributed by atoms with E-state index in [1.54, 1.807) is 0 Å². The van der Waals surface area contributed by atoms with E-state index in [2.05, 4.69) is 25.9 Å². The maximum atomic E-state index is 10.4. The number of rotatable bonds is 4. The lowest BCUT2D eigenvalue weighted by Crippen LogP contribution is -2.38. The quantitative estimate of drug-likeness (QED) is 0.790. The molecule has 2 aromatic rings. The first kappa shape index (κ1) is 18.4. The fraction of sp³-hybridized carbons (Fsp3) is 0.619. The van der Waals surface area contributed by atoms with E-state index in [0.717, 1.165) is 81.6 Å². The van der Waals surface area contributed by atoms with Gasteiger partial charge in [-0.05, 0) is 50.5 Å². The first-order chi connectivity index (χ1) is 13.6. The van der Waals surface area contributed by atoms with Gasteiger partial charge in [-0.15, -0.1) is 0 Å². The van der Waals surface area contributed by atoms with Gasteiger partial charge in [0.25, 0.3) is 0 Å². The summed E-state index contributed by atoms with van der Waals surface area (Å²) < 4.78 is 7.55. The van der Waals surface area contributed by atoms with Crippen LogP contribution in [-0.2, 0) is 4.74 Å². The molecule has 7 heteroatoms. The number of nitrogens with zero attached hydrogens (tertiary/aromatic N) is 4. The van der Waals surface area contributed by atoms with Crippen LogP contribution in [0.25, 0.3) is 11.1 Å². The van der Waals surface area contributed by atoms with Crippen LogP contribution in [0.3, 0.4) is 0 Å². The lowest BCUT2D eigenvalue weighted by atomic mass is 9.89. The van der Waals surface area contributed by atoms with Gasteiger partial charge in [-0.3, -0.25) is 4.68 Å². The van der Waals surface area contributed by atoms with Crippen LogP contribution in [-0.4, -0.2) is 51.8 Å². The first-order valence-corrected chi connectivity index (χ1v) is 10.8. The maximum absolute atomic E-state index is 10.4. The number of piperidine rings is 1. The molecule has 2 aliphatic heterocycles.